The van der Waals surface area contributed by atoms with E-state index in [0.717, 1.165) is 43.5 Å². The molecule has 1 saturated carbocycles. The lowest BCUT2D eigenvalue weighted by Gasteiger charge is -2.16. The minimum Gasteiger partial charge on any atom is -0.342 e. The Morgan fingerprint density at radius 3 is 2.44 bits per heavy atom. The van der Waals surface area contributed by atoms with E-state index in [2.05, 4.69) is 0 Å². The van der Waals surface area contributed by atoms with Crippen LogP contribution < -0.4 is 0 Å². The van der Waals surface area contributed by atoms with Gasteiger partial charge in [-0.2, -0.15) is 0 Å². The molecule has 1 aliphatic heterocycles. The second kappa shape index (κ2) is 6.25. The average Bonchev–Trinajstić information content (AvgIpc) is 3.17. The van der Waals surface area contributed by atoms with Crippen molar-refractivity contribution in [1.29, 1.82) is 0 Å². The second-order valence-corrected chi connectivity index (χ2v) is 7.17. The number of halogens is 2. The molecule has 4 heteroatoms. The fourth-order valence-corrected chi connectivity index (χ4v) is 3.95. The molecule has 2 nitrogen and oxygen atoms in total. The van der Waals surface area contributed by atoms with Gasteiger partial charge in [0.2, 0.25) is 5.91 Å². The third kappa shape index (κ3) is 2.94. The van der Waals surface area contributed by atoms with Gasteiger partial charge in [-0.05, 0) is 55.4 Å². The fourth-order valence-electron chi connectivity index (χ4n) is 3.95. The molecule has 2 atom stereocenters. The molecule has 4 rings (SSSR count). The minimum atomic E-state index is -0.560. The quantitative estimate of drug-likeness (QED) is 0.795. The maximum absolute atomic E-state index is 14.3. The van der Waals surface area contributed by atoms with Gasteiger partial charge < -0.3 is 4.90 Å². The Bertz CT molecular complexity index is 806. The van der Waals surface area contributed by atoms with Gasteiger partial charge in [-0.15, -0.1) is 0 Å². The Morgan fingerprint density at radius 1 is 1.08 bits per heavy atom. The maximum Gasteiger partial charge on any atom is 0.226 e. The monoisotopic (exact) mass is 341 g/mol. The van der Waals surface area contributed by atoms with Gasteiger partial charge in [0.15, 0.2) is 0 Å². The van der Waals surface area contributed by atoms with Crippen LogP contribution in [0.5, 0.6) is 0 Å². The highest BCUT2D eigenvalue weighted by Gasteiger charge is 2.47. The van der Waals surface area contributed by atoms with Crippen LogP contribution in [-0.4, -0.2) is 23.9 Å². The van der Waals surface area contributed by atoms with Crippen molar-refractivity contribution in [2.45, 2.75) is 32.1 Å². The lowest BCUT2D eigenvalue weighted by molar-refractivity contribution is -0.131. The van der Waals surface area contributed by atoms with Gasteiger partial charge in [0.25, 0.3) is 0 Å². The Balaban J connectivity index is 1.69. The number of hydrogen-bond acceptors (Lipinski definition) is 1. The van der Waals surface area contributed by atoms with Gasteiger partial charge in [0.05, 0.1) is 5.56 Å². The lowest BCUT2D eigenvalue weighted by atomic mass is 9.93. The fraction of sp³-hybridized carbons (Fsp3) is 0.381. The van der Waals surface area contributed by atoms with Crippen molar-refractivity contribution in [2.24, 2.45) is 5.92 Å². The van der Waals surface area contributed by atoms with E-state index < -0.39 is 11.6 Å². The summed E-state index contributed by atoms with van der Waals surface area (Å²) >= 11 is 0. The van der Waals surface area contributed by atoms with E-state index in [0.29, 0.717) is 5.56 Å². The minimum absolute atomic E-state index is 0.0143. The van der Waals surface area contributed by atoms with E-state index in [-0.39, 0.29) is 23.3 Å². The van der Waals surface area contributed by atoms with Crippen LogP contribution in [0.25, 0.3) is 11.1 Å². The lowest BCUT2D eigenvalue weighted by Crippen LogP contribution is -2.29. The Morgan fingerprint density at radius 2 is 1.76 bits per heavy atom. The topological polar surface area (TPSA) is 20.3 Å². The van der Waals surface area contributed by atoms with Crippen LogP contribution in [0, 0.1) is 24.5 Å². The molecule has 1 aliphatic carbocycles. The number of aryl methyl sites for hydroxylation is 1. The standard InChI is InChI=1S/C21H21F2NO/c1-13-7-8-14(15-12-17(15)21(25)24-9-2-3-10-24)16(11-13)20-18(22)5-4-6-19(20)23/h4-8,11,15,17H,2-3,9-10,12H2,1H3. The zero-order chi connectivity index (χ0) is 17.6. The molecule has 0 spiro atoms. The molecule has 2 unspecified atom stereocenters. The summed E-state index contributed by atoms with van der Waals surface area (Å²) in [5, 5.41) is 0. The summed E-state index contributed by atoms with van der Waals surface area (Å²) in [6.45, 7) is 3.58. The van der Waals surface area contributed by atoms with E-state index in [1.807, 2.05) is 30.0 Å². The van der Waals surface area contributed by atoms with Crippen LogP contribution in [-0.2, 0) is 4.79 Å². The van der Waals surface area contributed by atoms with E-state index in [4.69, 9.17) is 0 Å². The van der Waals surface area contributed by atoms with Crippen molar-refractivity contribution < 1.29 is 13.6 Å². The summed E-state index contributed by atoms with van der Waals surface area (Å²) in [6.07, 6.45) is 2.90. The number of hydrogen-bond donors (Lipinski definition) is 0. The molecule has 2 aliphatic rings. The first-order chi connectivity index (χ1) is 12.1. The molecule has 130 valence electrons. The number of nitrogens with zero attached hydrogens (tertiary/aromatic N) is 1. The van der Waals surface area contributed by atoms with Crippen LogP contribution in [0.1, 0.15) is 36.3 Å². The van der Waals surface area contributed by atoms with Gasteiger partial charge in [-0.25, -0.2) is 8.78 Å². The van der Waals surface area contributed by atoms with Crippen LogP contribution in [0.2, 0.25) is 0 Å². The molecule has 2 fully saturated rings. The van der Waals surface area contributed by atoms with Crippen molar-refractivity contribution in [3.05, 3.63) is 59.2 Å². The van der Waals surface area contributed by atoms with E-state index >= 15 is 0 Å². The smallest absolute Gasteiger partial charge is 0.226 e. The molecule has 25 heavy (non-hydrogen) atoms. The molecular weight excluding hydrogens is 320 g/mol. The molecular formula is C21H21F2NO. The molecule has 1 saturated heterocycles. The summed E-state index contributed by atoms with van der Waals surface area (Å²) in [7, 11) is 0. The SMILES string of the molecule is Cc1ccc(C2CC2C(=O)N2CCCC2)c(-c2c(F)cccc2F)c1. The number of carbonyl (C=O) groups is 1. The van der Waals surface area contributed by atoms with E-state index in [1.165, 1.54) is 18.2 Å². The van der Waals surface area contributed by atoms with Crippen molar-refractivity contribution >= 4 is 5.91 Å². The molecule has 0 N–H and O–H groups in total. The van der Waals surface area contributed by atoms with E-state index in [1.54, 1.807) is 0 Å². The highest BCUT2D eigenvalue weighted by atomic mass is 19.1. The molecule has 0 radical (unpaired) electrons. The summed E-state index contributed by atoms with van der Waals surface area (Å²) in [6, 6.07) is 9.65. The number of carbonyl (C=O) groups excluding carboxylic acids is 1. The van der Waals surface area contributed by atoms with E-state index in [9.17, 15) is 13.6 Å². The van der Waals surface area contributed by atoms with Gasteiger partial charge in [-0.1, -0.05) is 29.8 Å². The third-order valence-electron chi connectivity index (χ3n) is 5.37. The first-order valence-corrected chi connectivity index (χ1v) is 8.90. The zero-order valence-corrected chi connectivity index (χ0v) is 14.3. The normalized spacial score (nSPS) is 22.3. The first kappa shape index (κ1) is 16.2. The average molecular weight is 341 g/mol. The Kier molecular flexibility index (Phi) is 4.06. The number of amides is 1. The molecule has 2 aromatic rings. The van der Waals surface area contributed by atoms with Crippen molar-refractivity contribution in [1.82, 2.24) is 4.90 Å². The van der Waals surface area contributed by atoms with Crippen LogP contribution in [0.4, 0.5) is 8.78 Å². The van der Waals surface area contributed by atoms with Crippen LogP contribution >= 0.6 is 0 Å². The first-order valence-electron chi connectivity index (χ1n) is 8.90. The summed E-state index contributed by atoms with van der Waals surface area (Å²) in [5.41, 5.74) is 2.43. The van der Waals surface area contributed by atoms with Crippen molar-refractivity contribution in [3.8, 4) is 11.1 Å². The Hall–Kier alpha value is -2.23. The van der Waals surface area contributed by atoms with Crippen LogP contribution in [0.15, 0.2) is 36.4 Å². The molecule has 1 heterocycles. The highest BCUT2D eigenvalue weighted by Crippen LogP contribution is 2.52. The van der Waals surface area contributed by atoms with Crippen molar-refractivity contribution in [3.63, 3.8) is 0 Å². The molecule has 0 bridgehead atoms. The van der Waals surface area contributed by atoms with Crippen molar-refractivity contribution in [2.75, 3.05) is 13.1 Å². The maximum atomic E-state index is 14.3. The number of likely N-dealkylation sites (tertiary alicyclic amines) is 1. The number of rotatable bonds is 3. The zero-order valence-electron chi connectivity index (χ0n) is 14.3. The Labute approximate surface area is 146 Å². The second-order valence-electron chi connectivity index (χ2n) is 7.17. The summed E-state index contributed by atoms with van der Waals surface area (Å²) < 4.78 is 28.6. The number of benzene rings is 2. The molecule has 1 amide bonds. The summed E-state index contributed by atoms with van der Waals surface area (Å²) in [5.74, 6) is -0.912. The molecule has 2 aromatic carbocycles. The van der Waals surface area contributed by atoms with Crippen LogP contribution in [0.3, 0.4) is 0 Å². The van der Waals surface area contributed by atoms with Gasteiger partial charge in [0, 0.05) is 19.0 Å². The van der Waals surface area contributed by atoms with Gasteiger partial charge in [-0.3, -0.25) is 4.79 Å². The van der Waals surface area contributed by atoms with Gasteiger partial charge in [0.1, 0.15) is 11.6 Å². The largest absolute Gasteiger partial charge is 0.342 e. The third-order valence-corrected chi connectivity index (χ3v) is 5.37. The highest BCUT2D eigenvalue weighted by molar-refractivity contribution is 5.84. The molecule has 0 aromatic heterocycles. The van der Waals surface area contributed by atoms with Gasteiger partial charge >= 0.3 is 0 Å². The summed E-state index contributed by atoms with van der Waals surface area (Å²) in [4.78, 5) is 14.6. The predicted molar refractivity (Wildman–Crippen MR) is 93.2 cm³/mol. The predicted octanol–water partition coefficient (Wildman–Crippen LogP) is 4.67.